The zero-order chi connectivity index (χ0) is 25.2. The first-order valence-corrected chi connectivity index (χ1v) is 10.0. The van der Waals surface area contributed by atoms with Crippen LogP contribution in [0.4, 0.5) is 4.79 Å². The highest BCUT2D eigenvalue weighted by atomic mass is 16.6. The molecule has 0 saturated heterocycles. The summed E-state index contributed by atoms with van der Waals surface area (Å²) in [7, 11) is 2.62. The minimum atomic E-state index is -1.22. The van der Waals surface area contributed by atoms with Crippen molar-refractivity contribution in [2.45, 2.75) is 19.9 Å². The van der Waals surface area contributed by atoms with E-state index >= 15 is 0 Å². The Balaban J connectivity index is 2.04. The quantitative estimate of drug-likeness (QED) is 0.401. The molecular weight excluding hydrogens is 450 g/mol. The molecular formula is C23H23NO10. The van der Waals surface area contributed by atoms with Crippen LogP contribution in [0.5, 0.6) is 28.7 Å². The Bertz CT molecular complexity index is 1290. The van der Waals surface area contributed by atoms with Crippen molar-refractivity contribution < 1.29 is 43.5 Å². The van der Waals surface area contributed by atoms with Crippen LogP contribution in [0.3, 0.4) is 0 Å². The zero-order valence-corrected chi connectivity index (χ0v) is 18.7. The Labute approximate surface area is 193 Å². The molecule has 3 aromatic rings. The van der Waals surface area contributed by atoms with Crippen molar-refractivity contribution in [2.24, 2.45) is 5.92 Å². The smallest absolute Gasteiger partial charge is 0.413 e. The Hall–Kier alpha value is -4.41. The number of aliphatic carboxylic acids is 1. The van der Waals surface area contributed by atoms with Crippen LogP contribution in [0.15, 0.2) is 39.5 Å². The number of rotatable bonds is 7. The fourth-order valence-electron chi connectivity index (χ4n) is 3.28. The maximum Gasteiger partial charge on any atom is 0.413 e. The van der Waals surface area contributed by atoms with Gasteiger partial charge in [0.15, 0.2) is 16.9 Å². The number of hydrogen-bond acceptors (Lipinski definition) is 9. The van der Waals surface area contributed by atoms with Crippen LogP contribution in [0.2, 0.25) is 0 Å². The third-order valence-corrected chi connectivity index (χ3v) is 4.94. The van der Waals surface area contributed by atoms with Gasteiger partial charge in [-0.1, -0.05) is 13.8 Å². The van der Waals surface area contributed by atoms with E-state index in [4.69, 9.17) is 18.6 Å². The van der Waals surface area contributed by atoms with Crippen molar-refractivity contribution in [3.63, 3.8) is 0 Å². The Kier molecular flexibility index (Phi) is 6.85. The summed E-state index contributed by atoms with van der Waals surface area (Å²) < 4.78 is 21.6. The molecule has 1 aromatic heterocycles. The highest BCUT2D eigenvalue weighted by Gasteiger charge is 2.26. The number of carbonyl (C=O) groups is 2. The Morgan fingerprint density at radius 3 is 2.15 bits per heavy atom. The van der Waals surface area contributed by atoms with Crippen molar-refractivity contribution in [1.29, 1.82) is 0 Å². The standard InChI is InChI=1S/C23H23NO10/c1-10(2)20(22(28)29)24-23(30)34-21-17(31-3)5-11(6-18(21)32-4)15-9-14(27)19-13(26)7-12(25)8-16(19)33-15/h5-10,20,25-26H,1-4H3,(H,24,30)(H,28,29)/t20-/m0/s1. The molecule has 1 amide bonds. The topological polar surface area (TPSA) is 165 Å². The molecule has 4 N–H and O–H groups in total. The second kappa shape index (κ2) is 9.61. The molecule has 0 fully saturated rings. The summed E-state index contributed by atoms with van der Waals surface area (Å²) in [5.74, 6) is -2.35. The van der Waals surface area contributed by atoms with Crippen LogP contribution in [0.25, 0.3) is 22.3 Å². The van der Waals surface area contributed by atoms with Crippen LogP contribution in [0.1, 0.15) is 13.8 Å². The molecule has 3 rings (SSSR count). The van der Waals surface area contributed by atoms with Crippen molar-refractivity contribution in [3.8, 4) is 40.1 Å². The van der Waals surface area contributed by atoms with Gasteiger partial charge in [0, 0.05) is 23.8 Å². The van der Waals surface area contributed by atoms with E-state index in [2.05, 4.69) is 5.32 Å². The van der Waals surface area contributed by atoms with Gasteiger partial charge in [0.25, 0.3) is 0 Å². The largest absolute Gasteiger partial charge is 0.508 e. The molecule has 0 radical (unpaired) electrons. The summed E-state index contributed by atoms with van der Waals surface area (Å²) in [6.07, 6.45) is -1.03. The van der Waals surface area contributed by atoms with E-state index in [-0.39, 0.29) is 39.7 Å². The van der Waals surface area contributed by atoms with E-state index in [1.165, 1.54) is 32.4 Å². The second-order valence-electron chi connectivity index (χ2n) is 7.62. The van der Waals surface area contributed by atoms with Gasteiger partial charge < -0.3 is 39.3 Å². The molecule has 0 unspecified atom stereocenters. The van der Waals surface area contributed by atoms with E-state index < -0.39 is 35.2 Å². The molecule has 2 aromatic carbocycles. The lowest BCUT2D eigenvalue weighted by molar-refractivity contribution is -0.140. The van der Waals surface area contributed by atoms with Gasteiger partial charge in [0.05, 0.1) is 14.2 Å². The van der Waals surface area contributed by atoms with Crippen molar-refractivity contribution in [3.05, 3.63) is 40.6 Å². The summed E-state index contributed by atoms with van der Waals surface area (Å²) in [6.45, 7) is 3.26. The maximum absolute atomic E-state index is 12.5. The van der Waals surface area contributed by atoms with Gasteiger partial charge in [-0.15, -0.1) is 0 Å². The Morgan fingerprint density at radius 1 is 1.00 bits per heavy atom. The van der Waals surface area contributed by atoms with E-state index in [9.17, 15) is 29.7 Å². The number of carboxylic acids is 1. The number of phenols is 2. The van der Waals surface area contributed by atoms with Crippen LogP contribution in [0, 0.1) is 5.92 Å². The van der Waals surface area contributed by atoms with Gasteiger partial charge in [0.2, 0.25) is 5.75 Å². The van der Waals surface area contributed by atoms with E-state index in [0.29, 0.717) is 5.56 Å². The first kappa shape index (κ1) is 24.2. The van der Waals surface area contributed by atoms with Crippen LogP contribution < -0.4 is 25.0 Å². The molecule has 34 heavy (non-hydrogen) atoms. The molecule has 0 aliphatic rings. The van der Waals surface area contributed by atoms with Crippen molar-refractivity contribution in [1.82, 2.24) is 5.32 Å². The van der Waals surface area contributed by atoms with Gasteiger partial charge in [0.1, 0.15) is 34.3 Å². The fourth-order valence-corrected chi connectivity index (χ4v) is 3.28. The minimum Gasteiger partial charge on any atom is -0.508 e. The van der Waals surface area contributed by atoms with Crippen LogP contribution in [-0.4, -0.2) is 47.6 Å². The van der Waals surface area contributed by atoms with Gasteiger partial charge in [-0.05, 0) is 18.1 Å². The molecule has 11 heteroatoms. The molecule has 0 bridgehead atoms. The van der Waals surface area contributed by atoms with Gasteiger partial charge >= 0.3 is 12.1 Å². The number of ether oxygens (including phenoxy) is 3. The van der Waals surface area contributed by atoms with Crippen LogP contribution in [-0.2, 0) is 4.79 Å². The molecule has 0 aliphatic carbocycles. The molecule has 0 saturated carbocycles. The van der Waals surface area contributed by atoms with Crippen molar-refractivity contribution >= 4 is 23.0 Å². The fraction of sp³-hybridized carbons (Fsp3) is 0.261. The lowest BCUT2D eigenvalue weighted by Gasteiger charge is -2.19. The second-order valence-corrected chi connectivity index (χ2v) is 7.62. The number of carbonyl (C=O) groups excluding carboxylic acids is 1. The first-order chi connectivity index (χ1) is 16.0. The summed E-state index contributed by atoms with van der Waals surface area (Å²) in [4.78, 5) is 36.3. The van der Waals surface area contributed by atoms with Gasteiger partial charge in [-0.2, -0.15) is 0 Å². The average molecular weight is 473 g/mol. The van der Waals surface area contributed by atoms with Gasteiger partial charge in [-0.3, -0.25) is 4.79 Å². The summed E-state index contributed by atoms with van der Waals surface area (Å²) in [5.41, 5.74) is -0.306. The van der Waals surface area contributed by atoms with E-state index in [1.54, 1.807) is 13.8 Å². The highest BCUT2D eigenvalue weighted by Crippen LogP contribution is 2.42. The van der Waals surface area contributed by atoms with Gasteiger partial charge in [-0.25, -0.2) is 9.59 Å². The summed E-state index contributed by atoms with van der Waals surface area (Å²) in [5, 5.41) is 31.1. The number of benzene rings is 2. The number of hydrogen-bond donors (Lipinski definition) is 4. The predicted octanol–water partition coefficient (Wildman–Crippen LogP) is 3.09. The lowest BCUT2D eigenvalue weighted by atomic mass is 10.1. The number of methoxy groups -OCH3 is 2. The number of fused-ring (bicyclic) bond motifs is 1. The van der Waals surface area contributed by atoms with Crippen LogP contribution >= 0.6 is 0 Å². The molecule has 180 valence electrons. The third kappa shape index (κ3) is 4.82. The zero-order valence-electron chi connectivity index (χ0n) is 18.7. The van der Waals surface area contributed by atoms with E-state index in [1.807, 2.05) is 0 Å². The third-order valence-electron chi connectivity index (χ3n) is 4.94. The average Bonchev–Trinajstić information content (AvgIpc) is 2.76. The monoisotopic (exact) mass is 473 g/mol. The highest BCUT2D eigenvalue weighted by molar-refractivity contribution is 5.86. The number of amides is 1. The summed E-state index contributed by atoms with van der Waals surface area (Å²) >= 11 is 0. The SMILES string of the molecule is COc1cc(-c2cc(=O)c3c(O)cc(O)cc3o2)cc(OC)c1OC(=O)N[C@H](C(=O)O)C(C)C. The normalized spacial score (nSPS) is 11.8. The molecule has 1 heterocycles. The van der Waals surface area contributed by atoms with Crippen molar-refractivity contribution in [2.75, 3.05) is 14.2 Å². The predicted molar refractivity (Wildman–Crippen MR) is 120 cm³/mol. The summed E-state index contributed by atoms with van der Waals surface area (Å²) in [6, 6.07) is 4.99. The first-order valence-electron chi connectivity index (χ1n) is 10.0. The molecule has 11 nitrogen and oxygen atoms in total. The number of nitrogens with one attached hydrogen (secondary N) is 1. The maximum atomic E-state index is 12.5. The van der Waals surface area contributed by atoms with E-state index in [0.717, 1.165) is 12.1 Å². The minimum absolute atomic E-state index is 0.0300. The number of phenolic OH excluding ortho intramolecular Hbond substituents is 2. The molecule has 0 spiro atoms. The number of carboxylic acid groups (broad SMARTS) is 1. The molecule has 1 atom stereocenters. The number of aromatic hydroxyl groups is 2. The molecule has 0 aliphatic heterocycles. The lowest BCUT2D eigenvalue weighted by Crippen LogP contribution is -2.45. The Morgan fingerprint density at radius 2 is 1.62 bits per heavy atom.